The SMILES string of the molecule is C1=c2c(n(-c3ccccc3)c3ccccc23)=CC2C1c1ccccc1N2c1cncc(C2N=C(c3ccc4ccccc4c3)NC(c3ccc4ccccc4c3)N2)c1. The Morgan fingerprint density at radius 3 is 2.14 bits per heavy atom. The van der Waals surface area contributed by atoms with E-state index in [1.807, 2.05) is 12.4 Å². The van der Waals surface area contributed by atoms with E-state index in [0.717, 1.165) is 33.9 Å². The first-order valence-electron chi connectivity index (χ1n) is 20.0. The maximum atomic E-state index is 5.38. The molecule has 9 aromatic rings. The fraction of sp³-hybridized carbons (Fsp3) is 0.0769. The first kappa shape index (κ1) is 32.9. The average molecular weight is 747 g/mol. The minimum Gasteiger partial charge on any atom is -0.350 e. The molecule has 1 aliphatic carbocycles. The van der Waals surface area contributed by atoms with Gasteiger partial charge in [0, 0.05) is 45.2 Å². The highest BCUT2D eigenvalue weighted by Gasteiger charge is 2.39. The van der Waals surface area contributed by atoms with Gasteiger partial charge in [0.05, 0.1) is 28.8 Å². The number of para-hydroxylation sites is 3. The summed E-state index contributed by atoms with van der Waals surface area (Å²) in [5.41, 5.74) is 9.14. The van der Waals surface area contributed by atoms with Gasteiger partial charge in [0.25, 0.3) is 0 Å². The van der Waals surface area contributed by atoms with E-state index in [4.69, 9.17) is 9.98 Å². The van der Waals surface area contributed by atoms with Crippen LogP contribution in [-0.4, -0.2) is 21.4 Å². The number of fused-ring (bicyclic) bond motifs is 8. The Bertz CT molecular complexity index is 3240. The minimum atomic E-state index is -0.352. The summed E-state index contributed by atoms with van der Waals surface area (Å²) in [5.74, 6) is 1.02. The van der Waals surface area contributed by atoms with Gasteiger partial charge in [-0.1, -0.05) is 133 Å². The number of pyridine rings is 1. The van der Waals surface area contributed by atoms with Crippen LogP contribution in [0.4, 0.5) is 11.4 Å². The highest BCUT2D eigenvalue weighted by atomic mass is 15.3. The maximum Gasteiger partial charge on any atom is 0.131 e. The van der Waals surface area contributed by atoms with Gasteiger partial charge in [0.1, 0.15) is 18.2 Å². The number of aliphatic imine (C=N–C) groups is 1. The predicted molar refractivity (Wildman–Crippen MR) is 237 cm³/mol. The predicted octanol–water partition coefficient (Wildman–Crippen LogP) is 9.55. The fourth-order valence-electron chi connectivity index (χ4n) is 9.49. The molecule has 2 N–H and O–H groups in total. The van der Waals surface area contributed by atoms with Crippen LogP contribution in [0.25, 0.3) is 50.3 Å². The first-order valence-corrected chi connectivity index (χ1v) is 20.0. The molecule has 0 amide bonds. The molecular formula is C52H38N6. The number of nitrogens with one attached hydrogen (secondary N) is 2. The van der Waals surface area contributed by atoms with Crippen molar-refractivity contribution in [3.05, 3.63) is 215 Å². The lowest BCUT2D eigenvalue weighted by Gasteiger charge is -2.33. The van der Waals surface area contributed by atoms with Crippen molar-refractivity contribution in [1.82, 2.24) is 20.2 Å². The molecule has 0 radical (unpaired) electrons. The summed E-state index contributed by atoms with van der Waals surface area (Å²) in [6.07, 6.45) is 8.42. The van der Waals surface area contributed by atoms with Crippen LogP contribution in [0.15, 0.2) is 187 Å². The van der Waals surface area contributed by atoms with E-state index >= 15 is 0 Å². The van der Waals surface area contributed by atoms with Gasteiger partial charge in [-0.25, -0.2) is 4.99 Å². The highest BCUT2D eigenvalue weighted by Crippen LogP contribution is 2.47. The van der Waals surface area contributed by atoms with E-state index in [1.165, 1.54) is 54.3 Å². The van der Waals surface area contributed by atoms with E-state index in [0.29, 0.717) is 0 Å². The van der Waals surface area contributed by atoms with Crippen molar-refractivity contribution < 1.29 is 0 Å². The largest absolute Gasteiger partial charge is 0.350 e. The standard InChI is InChI=1S/C52H38N6/c1-2-16-40(17-3-1)57-46-20-10-8-18-42(46)44-29-45-43-19-9-11-21-47(43)58(49(45)30-48(44)57)41-28-39(31-53-32-41)52-55-50(37-24-22-33-12-4-6-14-35(33)26-37)54-51(56-52)38-25-23-34-13-5-7-15-36(34)27-38/h1-32,45,49-50,52,55H,(H,54,56). The molecule has 6 nitrogen and oxygen atoms in total. The number of anilines is 2. The van der Waals surface area contributed by atoms with Gasteiger partial charge in [-0.2, -0.15) is 0 Å². The van der Waals surface area contributed by atoms with Gasteiger partial charge >= 0.3 is 0 Å². The van der Waals surface area contributed by atoms with Gasteiger partial charge in [-0.05, 0) is 81.2 Å². The second-order valence-corrected chi connectivity index (χ2v) is 15.5. The van der Waals surface area contributed by atoms with Crippen molar-refractivity contribution in [2.75, 3.05) is 4.90 Å². The third-order valence-corrected chi connectivity index (χ3v) is 12.2. The minimum absolute atomic E-state index is 0.0525. The zero-order chi connectivity index (χ0) is 38.2. The Kier molecular flexibility index (Phi) is 7.46. The van der Waals surface area contributed by atoms with Crippen molar-refractivity contribution in [2.45, 2.75) is 24.3 Å². The molecule has 0 saturated carbocycles. The number of hydrogen-bond donors (Lipinski definition) is 2. The summed E-state index contributed by atoms with van der Waals surface area (Å²) in [6, 6.07) is 61.0. The third-order valence-electron chi connectivity index (χ3n) is 12.2. The van der Waals surface area contributed by atoms with Gasteiger partial charge in [0.15, 0.2) is 0 Å². The second kappa shape index (κ2) is 13.2. The Hall–Kier alpha value is -7.28. The number of aromatic nitrogens is 2. The summed E-state index contributed by atoms with van der Waals surface area (Å²) in [5, 5.41) is 16.2. The van der Waals surface area contributed by atoms with Crippen LogP contribution in [0.5, 0.6) is 0 Å². The van der Waals surface area contributed by atoms with Crippen LogP contribution in [-0.2, 0) is 0 Å². The monoisotopic (exact) mass is 746 g/mol. The van der Waals surface area contributed by atoms with Crippen molar-refractivity contribution in [1.29, 1.82) is 0 Å². The molecule has 58 heavy (non-hydrogen) atoms. The Morgan fingerprint density at radius 2 is 1.28 bits per heavy atom. The molecule has 0 saturated heterocycles. The Morgan fingerprint density at radius 1 is 0.552 bits per heavy atom. The summed E-state index contributed by atoms with van der Waals surface area (Å²) in [7, 11) is 0. The highest BCUT2D eigenvalue weighted by molar-refractivity contribution is 6.03. The zero-order valence-corrected chi connectivity index (χ0v) is 31.6. The molecule has 7 aromatic carbocycles. The molecule has 2 aromatic heterocycles. The van der Waals surface area contributed by atoms with Crippen molar-refractivity contribution in [3.63, 3.8) is 0 Å². The normalized spacial score (nSPS) is 19.4. The topological polar surface area (TPSA) is 57.5 Å². The van der Waals surface area contributed by atoms with Crippen LogP contribution in [0.3, 0.4) is 0 Å². The average Bonchev–Trinajstić information content (AvgIpc) is 3.80. The van der Waals surface area contributed by atoms with E-state index in [9.17, 15) is 0 Å². The molecule has 12 rings (SSSR count). The molecule has 0 fully saturated rings. The lowest BCUT2D eigenvalue weighted by Crippen LogP contribution is -2.45. The summed E-state index contributed by atoms with van der Waals surface area (Å²) in [6.45, 7) is 0. The molecule has 0 spiro atoms. The quantitative estimate of drug-likeness (QED) is 0.184. The smallest absolute Gasteiger partial charge is 0.131 e. The molecule has 3 aliphatic rings. The molecule has 4 heterocycles. The number of rotatable bonds is 5. The van der Waals surface area contributed by atoms with E-state index in [1.54, 1.807) is 0 Å². The van der Waals surface area contributed by atoms with Crippen LogP contribution in [0, 0.1) is 0 Å². The van der Waals surface area contributed by atoms with Crippen molar-refractivity contribution in [2.24, 2.45) is 4.99 Å². The molecule has 2 aliphatic heterocycles. The van der Waals surface area contributed by atoms with E-state index < -0.39 is 0 Å². The first-order chi connectivity index (χ1) is 28.7. The van der Waals surface area contributed by atoms with Gasteiger partial charge in [0.2, 0.25) is 0 Å². The van der Waals surface area contributed by atoms with Gasteiger partial charge in [-0.15, -0.1) is 0 Å². The number of amidine groups is 1. The summed E-state index contributed by atoms with van der Waals surface area (Å²) in [4.78, 5) is 12.8. The number of nitrogens with zero attached hydrogens (tertiary/aromatic N) is 4. The van der Waals surface area contributed by atoms with Crippen LogP contribution in [0.2, 0.25) is 0 Å². The third kappa shape index (κ3) is 5.30. The molecule has 6 heteroatoms. The summed E-state index contributed by atoms with van der Waals surface area (Å²) < 4.78 is 2.42. The van der Waals surface area contributed by atoms with Gasteiger partial charge < -0.3 is 14.8 Å². The summed E-state index contributed by atoms with van der Waals surface area (Å²) >= 11 is 0. The molecule has 4 unspecified atom stereocenters. The van der Waals surface area contributed by atoms with Crippen molar-refractivity contribution in [3.8, 4) is 5.69 Å². The Balaban J connectivity index is 0.988. The molecule has 4 atom stereocenters. The lowest BCUT2D eigenvalue weighted by molar-refractivity contribution is 0.408. The fourth-order valence-corrected chi connectivity index (χ4v) is 9.49. The number of hydrogen-bond acceptors (Lipinski definition) is 5. The lowest BCUT2D eigenvalue weighted by atomic mass is 9.90. The van der Waals surface area contributed by atoms with Crippen LogP contribution in [0.1, 0.15) is 40.5 Å². The molecule has 276 valence electrons. The molecular weight excluding hydrogens is 709 g/mol. The van der Waals surface area contributed by atoms with E-state index in [-0.39, 0.29) is 24.3 Å². The Labute approximate surface area is 335 Å². The van der Waals surface area contributed by atoms with E-state index in [2.05, 4.69) is 202 Å². The van der Waals surface area contributed by atoms with Gasteiger partial charge in [-0.3, -0.25) is 10.3 Å². The zero-order valence-electron chi connectivity index (χ0n) is 31.6. The maximum absolute atomic E-state index is 5.38. The van der Waals surface area contributed by atoms with Crippen LogP contribution >= 0.6 is 0 Å². The van der Waals surface area contributed by atoms with Crippen molar-refractivity contribution >= 4 is 61.8 Å². The number of benzene rings is 7. The second-order valence-electron chi connectivity index (χ2n) is 15.5. The van der Waals surface area contributed by atoms with Crippen LogP contribution < -0.4 is 26.1 Å². The molecule has 0 bridgehead atoms.